The van der Waals surface area contributed by atoms with Crippen LogP contribution in [0, 0.1) is 12.7 Å². The van der Waals surface area contributed by atoms with Gasteiger partial charge in [-0.25, -0.2) is 4.39 Å². The van der Waals surface area contributed by atoms with E-state index >= 15 is 0 Å². The van der Waals surface area contributed by atoms with Crippen LogP contribution in [0.3, 0.4) is 0 Å². The van der Waals surface area contributed by atoms with Crippen molar-refractivity contribution in [2.45, 2.75) is 39.7 Å². The monoisotopic (exact) mass is 252 g/mol. The molecule has 100 valence electrons. The summed E-state index contributed by atoms with van der Waals surface area (Å²) in [5.41, 5.74) is 1.46. The first-order chi connectivity index (χ1) is 8.52. The quantitative estimate of drug-likeness (QED) is 0.764. The van der Waals surface area contributed by atoms with E-state index in [2.05, 4.69) is 17.6 Å². The first-order valence-corrected chi connectivity index (χ1v) is 6.34. The summed E-state index contributed by atoms with van der Waals surface area (Å²) < 4.78 is 13.2. The summed E-state index contributed by atoms with van der Waals surface area (Å²) >= 11 is 0. The highest BCUT2D eigenvalue weighted by molar-refractivity contribution is 5.84. The highest BCUT2D eigenvalue weighted by Crippen LogP contribution is 2.14. The molecule has 0 heterocycles. The van der Waals surface area contributed by atoms with Gasteiger partial charge in [0, 0.05) is 12.2 Å². The zero-order chi connectivity index (χ0) is 13.5. The number of carbonyl (C=O) groups excluding carboxylic acids is 1. The lowest BCUT2D eigenvalue weighted by Gasteiger charge is -2.15. The van der Waals surface area contributed by atoms with Gasteiger partial charge in [0.05, 0.1) is 0 Å². The Hall–Kier alpha value is -1.58. The number of nitrogens with one attached hydrogen (secondary N) is 2. The Balaban J connectivity index is 2.52. The highest BCUT2D eigenvalue weighted by Gasteiger charge is 2.12. The Morgan fingerprint density at radius 1 is 1.39 bits per heavy atom. The van der Waals surface area contributed by atoms with Gasteiger partial charge in [0.2, 0.25) is 5.91 Å². The minimum atomic E-state index is -0.372. The fourth-order valence-corrected chi connectivity index (χ4v) is 1.68. The maximum absolute atomic E-state index is 13.2. The molecule has 1 atom stereocenters. The number of amides is 1. The molecule has 0 radical (unpaired) electrons. The van der Waals surface area contributed by atoms with Crippen molar-refractivity contribution in [3.63, 3.8) is 0 Å². The SMILES string of the molecule is CCCCNC(=O)C(C)Nc1cc(C)cc(F)c1. The van der Waals surface area contributed by atoms with Gasteiger partial charge in [0.1, 0.15) is 11.9 Å². The van der Waals surface area contributed by atoms with Crippen LogP contribution in [0.2, 0.25) is 0 Å². The molecule has 1 aromatic carbocycles. The molecule has 2 N–H and O–H groups in total. The molecule has 1 unspecified atom stereocenters. The number of hydrogen-bond donors (Lipinski definition) is 2. The molecule has 0 fully saturated rings. The van der Waals surface area contributed by atoms with Gasteiger partial charge < -0.3 is 10.6 Å². The number of hydrogen-bond acceptors (Lipinski definition) is 2. The molecule has 0 saturated carbocycles. The van der Waals surface area contributed by atoms with Gasteiger partial charge in [0.25, 0.3) is 0 Å². The van der Waals surface area contributed by atoms with E-state index in [0.717, 1.165) is 18.4 Å². The topological polar surface area (TPSA) is 41.1 Å². The standard InChI is InChI=1S/C14H21FN2O/c1-4-5-6-16-14(18)11(3)17-13-8-10(2)7-12(15)9-13/h7-9,11,17H,4-6H2,1-3H3,(H,16,18). The number of carbonyl (C=O) groups is 1. The molecule has 0 saturated heterocycles. The lowest BCUT2D eigenvalue weighted by molar-refractivity contribution is -0.121. The second kappa shape index (κ2) is 6.99. The molecular formula is C14H21FN2O. The highest BCUT2D eigenvalue weighted by atomic mass is 19.1. The molecule has 1 amide bonds. The van der Waals surface area contributed by atoms with Gasteiger partial charge in [-0.05, 0) is 44.0 Å². The minimum absolute atomic E-state index is 0.0645. The van der Waals surface area contributed by atoms with E-state index in [-0.39, 0.29) is 17.8 Å². The van der Waals surface area contributed by atoms with Crippen LogP contribution in [-0.2, 0) is 4.79 Å². The summed E-state index contributed by atoms with van der Waals surface area (Å²) in [5.74, 6) is -0.360. The van der Waals surface area contributed by atoms with Crippen molar-refractivity contribution in [1.82, 2.24) is 5.32 Å². The first-order valence-electron chi connectivity index (χ1n) is 6.34. The van der Waals surface area contributed by atoms with Crippen LogP contribution in [0.4, 0.5) is 10.1 Å². The number of aryl methyl sites for hydroxylation is 1. The van der Waals surface area contributed by atoms with E-state index in [1.54, 1.807) is 6.92 Å². The van der Waals surface area contributed by atoms with Crippen LogP contribution >= 0.6 is 0 Å². The van der Waals surface area contributed by atoms with Gasteiger partial charge in [0.15, 0.2) is 0 Å². The van der Waals surface area contributed by atoms with Crippen LogP contribution in [0.1, 0.15) is 32.3 Å². The molecule has 0 aliphatic rings. The zero-order valence-electron chi connectivity index (χ0n) is 11.2. The minimum Gasteiger partial charge on any atom is -0.374 e. The van der Waals surface area contributed by atoms with Crippen LogP contribution in [0.5, 0.6) is 0 Å². The van der Waals surface area contributed by atoms with Crippen LogP contribution < -0.4 is 10.6 Å². The second-order valence-electron chi connectivity index (χ2n) is 4.53. The number of halogens is 1. The van der Waals surface area contributed by atoms with Crippen molar-refractivity contribution in [2.24, 2.45) is 0 Å². The Morgan fingerprint density at radius 2 is 2.11 bits per heavy atom. The molecule has 18 heavy (non-hydrogen) atoms. The van der Waals surface area contributed by atoms with Crippen molar-refractivity contribution in [3.05, 3.63) is 29.6 Å². The van der Waals surface area contributed by atoms with Crippen molar-refractivity contribution >= 4 is 11.6 Å². The van der Waals surface area contributed by atoms with Gasteiger partial charge in [-0.2, -0.15) is 0 Å². The Labute approximate surface area is 108 Å². The number of anilines is 1. The molecule has 3 nitrogen and oxygen atoms in total. The van der Waals surface area contributed by atoms with Gasteiger partial charge in [-0.3, -0.25) is 4.79 Å². The zero-order valence-corrected chi connectivity index (χ0v) is 11.2. The lowest BCUT2D eigenvalue weighted by atomic mass is 10.2. The Bertz CT molecular complexity index is 387. The second-order valence-corrected chi connectivity index (χ2v) is 4.53. The third-order valence-electron chi connectivity index (χ3n) is 2.65. The maximum atomic E-state index is 13.2. The normalized spacial score (nSPS) is 12.0. The fourth-order valence-electron chi connectivity index (χ4n) is 1.68. The van der Waals surface area contributed by atoms with E-state index in [1.807, 2.05) is 13.0 Å². The molecular weight excluding hydrogens is 231 g/mol. The fraction of sp³-hybridized carbons (Fsp3) is 0.500. The predicted molar refractivity (Wildman–Crippen MR) is 72.1 cm³/mol. The van der Waals surface area contributed by atoms with Crippen molar-refractivity contribution in [3.8, 4) is 0 Å². The summed E-state index contributed by atoms with van der Waals surface area (Å²) in [5, 5.41) is 5.84. The Kier molecular flexibility index (Phi) is 5.62. The van der Waals surface area contributed by atoms with Gasteiger partial charge in [-0.15, -0.1) is 0 Å². The summed E-state index contributed by atoms with van der Waals surface area (Å²) in [7, 11) is 0. The molecule has 0 spiro atoms. The van der Waals surface area contributed by atoms with E-state index < -0.39 is 0 Å². The number of unbranched alkanes of at least 4 members (excludes halogenated alkanes) is 1. The average Bonchev–Trinajstić information content (AvgIpc) is 2.27. The van der Waals surface area contributed by atoms with E-state index in [0.29, 0.717) is 12.2 Å². The first kappa shape index (κ1) is 14.5. The van der Waals surface area contributed by atoms with Crippen LogP contribution in [0.25, 0.3) is 0 Å². The molecule has 0 aliphatic heterocycles. The van der Waals surface area contributed by atoms with E-state index in [9.17, 15) is 9.18 Å². The van der Waals surface area contributed by atoms with E-state index in [1.165, 1.54) is 12.1 Å². The predicted octanol–water partition coefficient (Wildman–Crippen LogP) is 2.85. The number of rotatable bonds is 6. The lowest BCUT2D eigenvalue weighted by Crippen LogP contribution is -2.38. The summed E-state index contributed by atoms with van der Waals surface area (Å²) in [6.07, 6.45) is 2.02. The van der Waals surface area contributed by atoms with Crippen molar-refractivity contribution in [1.29, 1.82) is 0 Å². The van der Waals surface area contributed by atoms with Gasteiger partial charge >= 0.3 is 0 Å². The third-order valence-corrected chi connectivity index (χ3v) is 2.65. The average molecular weight is 252 g/mol. The van der Waals surface area contributed by atoms with Crippen LogP contribution in [-0.4, -0.2) is 18.5 Å². The van der Waals surface area contributed by atoms with Gasteiger partial charge in [-0.1, -0.05) is 13.3 Å². The van der Waals surface area contributed by atoms with Crippen molar-refractivity contribution < 1.29 is 9.18 Å². The van der Waals surface area contributed by atoms with Crippen molar-refractivity contribution in [2.75, 3.05) is 11.9 Å². The molecule has 4 heteroatoms. The molecule has 0 aliphatic carbocycles. The summed E-state index contributed by atoms with van der Waals surface area (Å²) in [6, 6.07) is 4.29. The Morgan fingerprint density at radius 3 is 2.72 bits per heavy atom. The van der Waals surface area contributed by atoms with Crippen LogP contribution in [0.15, 0.2) is 18.2 Å². The maximum Gasteiger partial charge on any atom is 0.242 e. The largest absolute Gasteiger partial charge is 0.374 e. The number of benzene rings is 1. The molecule has 1 rings (SSSR count). The summed E-state index contributed by atoms with van der Waals surface area (Å²) in [6.45, 7) is 6.34. The molecule has 0 aromatic heterocycles. The third kappa shape index (κ3) is 4.73. The smallest absolute Gasteiger partial charge is 0.242 e. The van der Waals surface area contributed by atoms with E-state index in [4.69, 9.17) is 0 Å². The molecule has 1 aromatic rings. The molecule has 0 bridgehead atoms. The summed E-state index contributed by atoms with van der Waals surface area (Å²) in [4.78, 5) is 11.7.